The number of para-hydroxylation sites is 1. The fourth-order valence-corrected chi connectivity index (χ4v) is 4.18. The van der Waals surface area contributed by atoms with Crippen LogP contribution >= 0.6 is 0 Å². The number of ether oxygens (including phenoxy) is 1. The molecule has 9 heteroatoms. The van der Waals surface area contributed by atoms with Gasteiger partial charge in [0, 0.05) is 30.4 Å². The number of hydrogen-bond donors (Lipinski definition) is 2. The van der Waals surface area contributed by atoms with Gasteiger partial charge in [-0.3, -0.25) is 4.79 Å². The van der Waals surface area contributed by atoms with E-state index in [4.69, 9.17) is 14.7 Å². The zero-order valence-corrected chi connectivity index (χ0v) is 19.6. The third kappa shape index (κ3) is 4.42. The second-order valence-corrected chi connectivity index (χ2v) is 9.00. The molecule has 2 aliphatic rings. The molecule has 0 unspecified atom stereocenters. The van der Waals surface area contributed by atoms with E-state index in [9.17, 15) is 4.79 Å². The first-order valence-electron chi connectivity index (χ1n) is 12.0. The van der Waals surface area contributed by atoms with E-state index in [0.717, 1.165) is 53.9 Å². The quantitative estimate of drug-likeness (QED) is 0.445. The Balaban J connectivity index is 1.42. The van der Waals surface area contributed by atoms with Gasteiger partial charge in [-0.2, -0.15) is 15.1 Å². The van der Waals surface area contributed by atoms with E-state index in [1.807, 2.05) is 60.1 Å². The fraction of sp³-hybridized carbons (Fsp3) is 0.308. The lowest BCUT2D eigenvalue weighted by Crippen LogP contribution is -2.37. The summed E-state index contributed by atoms with van der Waals surface area (Å²) in [5.41, 5.74) is 4.12. The Hall–Kier alpha value is -3.98. The molecule has 9 nitrogen and oxygen atoms in total. The summed E-state index contributed by atoms with van der Waals surface area (Å²) >= 11 is 0. The summed E-state index contributed by atoms with van der Waals surface area (Å²) in [6.45, 7) is 4.73. The number of rotatable bonds is 6. The van der Waals surface area contributed by atoms with Crippen LogP contribution in [0, 0.1) is 6.92 Å². The van der Waals surface area contributed by atoms with Crippen LogP contribution in [0.1, 0.15) is 28.8 Å². The van der Waals surface area contributed by atoms with Gasteiger partial charge in [0.1, 0.15) is 5.82 Å². The second-order valence-electron chi connectivity index (χ2n) is 9.00. The van der Waals surface area contributed by atoms with Gasteiger partial charge in [0.15, 0.2) is 5.65 Å². The van der Waals surface area contributed by atoms with E-state index in [0.29, 0.717) is 36.6 Å². The molecule has 4 aromatic rings. The Labute approximate surface area is 203 Å². The van der Waals surface area contributed by atoms with Crippen molar-refractivity contribution >= 4 is 34.4 Å². The highest BCUT2D eigenvalue weighted by molar-refractivity contribution is 5.96. The number of hydrogen-bond acceptors (Lipinski definition) is 7. The molecule has 0 spiro atoms. The molecule has 1 aliphatic heterocycles. The second kappa shape index (κ2) is 8.99. The van der Waals surface area contributed by atoms with Crippen molar-refractivity contribution in [2.45, 2.75) is 25.8 Å². The lowest BCUT2D eigenvalue weighted by atomic mass is 10.1. The van der Waals surface area contributed by atoms with Crippen molar-refractivity contribution in [3.63, 3.8) is 0 Å². The monoisotopic (exact) mass is 469 g/mol. The molecule has 178 valence electrons. The molecular formula is C26H27N7O2. The predicted octanol–water partition coefficient (Wildman–Crippen LogP) is 3.60. The molecule has 1 amide bonds. The average molecular weight is 470 g/mol. The van der Waals surface area contributed by atoms with Crippen LogP contribution in [0.25, 0.3) is 16.7 Å². The van der Waals surface area contributed by atoms with Crippen LogP contribution in [0.5, 0.6) is 0 Å². The number of aryl methyl sites for hydroxylation is 1. The van der Waals surface area contributed by atoms with Crippen LogP contribution in [-0.2, 0) is 4.74 Å². The van der Waals surface area contributed by atoms with Crippen molar-refractivity contribution in [1.29, 1.82) is 0 Å². The van der Waals surface area contributed by atoms with Gasteiger partial charge in [0.05, 0.1) is 30.5 Å². The molecule has 0 bridgehead atoms. The standard InChI is InChI=1S/C26H27N7O2/c1-17-7-8-18(25(34)28-19-9-10-19)15-22(17)29-23-21-16-27-33(20-5-3-2-4-6-20)24(21)31-26(30-23)32-11-13-35-14-12-32/h2-8,15-16,19H,9-14H2,1H3,(H,28,34)(H,29,30,31). The van der Waals surface area contributed by atoms with Crippen molar-refractivity contribution in [3.05, 3.63) is 65.9 Å². The lowest BCUT2D eigenvalue weighted by molar-refractivity contribution is 0.0951. The first-order chi connectivity index (χ1) is 17.2. The minimum Gasteiger partial charge on any atom is -0.378 e. The van der Waals surface area contributed by atoms with Crippen molar-refractivity contribution in [3.8, 4) is 5.69 Å². The Morgan fingerprint density at radius 1 is 1.06 bits per heavy atom. The molecular weight excluding hydrogens is 442 g/mol. The van der Waals surface area contributed by atoms with Crippen LogP contribution in [0.2, 0.25) is 0 Å². The van der Waals surface area contributed by atoms with Gasteiger partial charge >= 0.3 is 0 Å². The fourth-order valence-electron chi connectivity index (χ4n) is 4.18. The number of nitrogens with one attached hydrogen (secondary N) is 2. The molecule has 0 radical (unpaired) electrons. The van der Waals surface area contributed by atoms with E-state index in [1.54, 1.807) is 6.20 Å². The predicted molar refractivity (Wildman–Crippen MR) is 135 cm³/mol. The molecule has 1 aliphatic carbocycles. The first kappa shape index (κ1) is 21.5. The normalized spacial score (nSPS) is 15.9. The number of carbonyl (C=O) groups is 1. The van der Waals surface area contributed by atoms with Gasteiger partial charge in [0.25, 0.3) is 5.91 Å². The summed E-state index contributed by atoms with van der Waals surface area (Å²) in [6.07, 6.45) is 3.89. The number of amides is 1. The average Bonchev–Trinajstić information content (AvgIpc) is 3.61. The van der Waals surface area contributed by atoms with Gasteiger partial charge in [0.2, 0.25) is 5.95 Å². The maximum Gasteiger partial charge on any atom is 0.251 e. The third-order valence-corrected chi connectivity index (χ3v) is 6.38. The summed E-state index contributed by atoms with van der Waals surface area (Å²) in [7, 11) is 0. The first-order valence-corrected chi connectivity index (χ1v) is 12.0. The minimum absolute atomic E-state index is 0.0470. The molecule has 2 N–H and O–H groups in total. The third-order valence-electron chi connectivity index (χ3n) is 6.38. The highest BCUT2D eigenvalue weighted by Gasteiger charge is 2.24. The van der Waals surface area contributed by atoms with E-state index in [-0.39, 0.29) is 5.91 Å². The number of nitrogens with zero attached hydrogens (tertiary/aromatic N) is 5. The van der Waals surface area contributed by atoms with Crippen LogP contribution < -0.4 is 15.5 Å². The minimum atomic E-state index is -0.0470. The summed E-state index contributed by atoms with van der Waals surface area (Å²) in [6, 6.07) is 16.0. The topological polar surface area (TPSA) is 97.2 Å². The Bertz CT molecular complexity index is 1380. The smallest absolute Gasteiger partial charge is 0.251 e. The molecule has 0 atom stereocenters. The number of fused-ring (bicyclic) bond motifs is 1. The van der Waals surface area contributed by atoms with Crippen LogP contribution in [0.4, 0.5) is 17.5 Å². The van der Waals surface area contributed by atoms with Gasteiger partial charge < -0.3 is 20.3 Å². The van der Waals surface area contributed by atoms with Gasteiger partial charge in [-0.1, -0.05) is 24.3 Å². The number of anilines is 3. The highest BCUT2D eigenvalue weighted by Crippen LogP contribution is 2.30. The van der Waals surface area contributed by atoms with Crippen LogP contribution in [0.15, 0.2) is 54.7 Å². The highest BCUT2D eigenvalue weighted by atomic mass is 16.5. The number of morpholine rings is 1. The molecule has 3 heterocycles. The largest absolute Gasteiger partial charge is 0.378 e. The number of aromatic nitrogens is 4. The molecule has 1 saturated heterocycles. The maximum absolute atomic E-state index is 12.6. The molecule has 2 fully saturated rings. The van der Waals surface area contributed by atoms with Gasteiger partial charge in [-0.25, -0.2) is 4.68 Å². The van der Waals surface area contributed by atoms with Gasteiger partial charge in [-0.15, -0.1) is 0 Å². The molecule has 35 heavy (non-hydrogen) atoms. The summed E-state index contributed by atoms with van der Waals surface area (Å²) in [5.74, 6) is 1.23. The van der Waals surface area contributed by atoms with Crippen molar-refractivity contribution in [2.24, 2.45) is 0 Å². The Morgan fingerprint density at radius 3 is 2.63 bits per heavy atom. The Kier molecular flexibility index (Phi) is 5.54. The van der Waals surface area contributed by atoms with Gasteiger partial charge in [-0.05, 0) is 49.6 Å². The summed E-state index contributed by atoms with van der Waals surface area (Å²) in [5, 5.41) is 12.0. The van der Waals surface area contributed by atoms with Crippen molar-refractivity contribution in [2.75, 3.05) is 36.5 Å². The Morgan fingerprint density at radius 2 is 1.86 bits per heavy atom. The zero-order chi connectivity index (χ0) is 23.8. The van der Waals surface area contributed by atoms with Crippen LogP contribution in [-0.4, -0.2) is 58.0 Å². The lowest BCUT2D eigenvalue weighted by Gasteiger charge is -2.27. The number of benzene rings is 2. The van der Waals surface area contributed by atoms with E-state index in [1.165, 1.54) is 0 Å². The SMILES string of the molecule is Cc1ccc(C(=O)NC2CC2)cc1Nc1nc(N2CCOCC2)nc2c1cnn2-c1ccccc1. The van der Waals surface area contributed by atoms with Crippen molar-refractivity contribution in [1.82, 2.24) is 25.1 Å². The molecule has 6 rings (SSSR count). The van der Waals surface area contributed by atoms with E-state index < -0.39 is 0 Å². The van der Waals surface area contributed by atoms with Crippen molar-refractivity contribution < 1.29 is 9.53 Å². The number of carbonyl (C=O) groups excluding carboxylic acids is 1. The zero-order valence-electron chi connectivity index (χ0n) is 19.6. The molecule has 2 aromatic carbocycles. The molecule has 1 saturated carbocycles. The molecule has 2 aromatic heterocycles. The van der Waals surface area contributed by atoms with E-state index in [2.05, 4.69) is 20.6 Å². The summed E-state index contributed by atoms with van der Waals surface area (Å²) < 4.78 is 7.36. The van der Waals surface area contributed by atoms with Crippen LogP contribution in [0.3, 0.4) is 0 Å². The van der Waals surface area contributed by atoms with E-state index >= 15 is 0 Å². The maximum atomic E-state index is 12.6. The summed E-state index contributed by atoms with van der Waals surface area (Å²) in [4.78, 5) is 24.6.